The average molecular weight is 841 g/mol. The van der Waals surface area contributed by atoms with Crippen LogP contribution in [0.1, 0.15) is 114 Å². The van der Waals surface area contributed by atoms with Gasteiger partial charge in [0.15, 0.2) is 12.2 Å². The zero-order valence-electron chi connectivity index (χ0n) is 35.7. The molecule has 5 aromatic rings. The van der Waals surface area contributed by atoms with Crippen molar-refractivity contribution in [1.82, 2.24) is 0 Å². The first kappa shape index (κ1) is 44.9. The zero-order valence-corrected chi connectivity index (χ0v) is 35.7. The number of benzene rings is 5. The molecule has 62 heavy (non-hydrogen) atoms. The van der Waals surface area contributed by atoms with Gasteiger partial charge in [-0.3, -0.25) is 0 Å². The molecule has 0 bridgehead atoms. The molecule has 1 aliphatic rings. The van der Waals surface area contributed by atoms with Crippen molar-refractivity contribution in [1.29, 1.82) is 0 Å². The number of carbonyl (C=O) groups is 5. The molecule has 0 saturated carbocycles. The average Bonchev–Trinajstić information content (AvgIpc) is 3.32. The Balaban J connectivity index is 1.43. The normalized spacial score (nSPS) is 18.2. The molecule has 0 radical (unpaired) electrons. The summed E-state index contributed by atoms with van der Waals surface area (Å²) in [5, 5.41) is 0. The molecule has 1 saturated heterocycles. The van der Waals surface area contributed by atoms with Gasteiger partial charge < -0.3 is 28.4 Å². The Labute approximate surface area is 362 Å². The fourth-order valence-corrected chi connectivity index (χ4v) is 6.88. The van der Waals surface area contributed by atoms with Gasteiger partial charge in [-0.25, -0.2) is 24.0 Å². The quantitative estimate of drug-likeness (QED) is 0.0695. The third-order valence-corrected chi connectivity index (χ3v) is 10.9. The number of hydrogen-bond donors (Lipinski definition) is 0. The SMILES string of the molecule is CCc1ccc(C(=O)OCC2OC(OC(=O)c3ccc(CC)cc3)C(OC(=O)c3ccc(CC)cc3)C(OC(=O)c3ccc(CC)cc3)C2OC(=O)c2ccc(CC)cc2)cc1. The highest BCUT2D eigenvalue weighted by Crippen LogP contribution is 2.32. The maximum absolute atomic E-state index is 14.1. The minimum absolute atomic E-state index is 0.150. The monoisotopic (exact) mass is 840 g/mol. The first-order valence-corrected chi connectivity index (χ1v) is 21.1. The maximum Gasteiger partial charge on any atom is 0.340 e. The molecule has 1 fully saturated rings. The lowest BCUT2D eigenvalue weighted by Gasteiger charge is -2.43. The topological polar surface area (TPSA) is 141 Å². The van der Waals surface area contributed by atoms with Crippen LogP contribution in [-0.2, 0) is 60.5 Å². The van der Waals surface area contributed by atoms with Crippen molar-refractivity contribution >= 4 is 29.8 Å². The predicted octanol–water partition coefficient (Wildman–Crippen LogP) is 8.91. The summed E-state index contributed by atoms with van der Waals surface area (Å²) in [6.07, 6.45) is -4.47. The van der Waals surface area contributed by atoms with E-state index in [-0.39, 0.29) is 27.8 Å². The Bertz CT molecular complexity index is 2300. The van der Waals surface area contributed by atoms with Crippen LogP contribution in [0.3, 0.4) is 0 Å². The van der Waals surface area contributed by atoms with E-state index < -0.39 is 67.2 Å². The van der Waals surface area contributed by atoms with Crippen LogP contribution in [-0.4, -0.2) is 67.2 Å². The molecule has 5 aromatic carbocycles. The van der Waals surface area contributed by atoms with Gasteiger partial charge in [0.2, 0.25) is 12.4 Å². The second-order valence-corrected chi connectivity index (χ2v) is 14.9. The molecule has 6 rings (SSSR count). The molecule has 0 spiro atoms. The number of carbonyl (C=O) groups excluding carboxylic acids is 5. The first-order chi connectivity index (χ1) is 30.0. The van der Waals surface area contributed by atoms with Gasteiger partial charge in [0.1, 0.15) is 12.7 Å². The molecule has 11 heteroatoms. The van der Waals surface area contributed by atoms with E-state index in [2.05, 4.69) is 0 Å². The third-order valence-electron chi connectivity index (χ3n) is 10.9. The lowest BCUT2D eigenvalue weighted by Crippen LogP contribution is -2.63. The summed E-state index contributed by atoms with van der Waals surface area (Å²) in [4.78, 5) is 69.6. The molecule has 1 aliphatic heterocycles. The molecule has 11 nitrogen and oxygen atoms in total. The zero-order chi connectivity index (χ0) is 44.2. The molecule has 0 aromatic heterocycles. The van der Waals surface area contributed by atoms with Gasteiger partial charge in [-0.2, -0.15) is 0 Å². The van der Waals surface area contributed by atoms with Gasteiger partial charge in [-0.05, 0) is 121 Å². The van der Waals surface area contributed by atoms with Crippen molar-refractivity contribution in [2.75, 3.05) is 6.61 Å². The van der Waals surface area contributed by atoms with Crippen LogP contribution in [0, 0.1) is 0 Å². The van der Waals surface area contributed by atoms with Crippen molar-refractivity contribution in [3.63, 3.8) is 0 Å². The van der Waals surface area contributed by atoms with E-state index in [1.807, 2.05) is 46.8 Å². The number of aryl methyl sites for hydroxylation is 5. The second-order valence-electron chi connectivity index (χ2n) is 14.9. The molecule has 0 aliphatic carbocycles. The first-order valence-electron chi connectivity index (χ1n) is 21.1. The number of hydrogen-bond acceptors (Lipinski definition) is 11. The lowest BCUT2D eigenvalue weighted by atomic mass is 9.97. The summed E-state index contributed by atoms with van der Waals surface area (Å²) in [6.45, 7) is 9.35. The van der Waals surface area contributed by atoms with Crippen molar-refractivity contribution in [3.05, 3.63) is 177 Å². The minimum Gasteiger partial charge on any atom is -0.459 e. The van der Waals surface area contributed by atoms with Crippen LogP contribution in [0.5, 0.6) is 0 Å². The largest absolute Gasteiger partial charge is 0.459 e. The van der Waals surface area contributed by atoms with Crippen molar-refractivity contribution in [3.8, 4) is 0 Å². The van der Waals surface area contributed by atoms with Crippen molar-refractivity contribution in [2.24, 2.45) is 0 Å². The lowest BCUT2D eigenvalue weighted by molar-refractivity contribution is -0.282. The highest BCUT2D eigenvalue weighted by Gasteiger charge is 2.54. The number of rotatable bonds is 16. The van der Waals surface area contributed by atoms with Crippen LogP contribution in [0.25, 0.3) is 0 Å². The fraction of sp³-hybridized carbons (Fsp3) is 0.314. The van der Waals surface area contributed by atoms with Gasteiger partial charge in [-0.15, -0.1) is 0 Å². The predicted molar refractivity (Wildman–Crippen MR) is 231 cm³/mol. The molecular weight excluding hydrogens is 789 g/mol. The van der Waals surface area contributed by atoms with Gasteiger partial charge in [0, 0.05) is 0 Å². The van der Waals surface area contributed by atoms with Gasteiger partial charge in [-0.1, -0.05) is 95.3 Å². The Morgan fingerprint density at radius 3 is 0.968 bits per heavy atom. The summed E-state index contributed by atoms with van der Waals surface area (Å²) in [5.74, 6) is -4.09. The van der Waals surface area contributed by atoms with E-state index in [1.54, 1.807) is 109 Å². The third kappa shape index (κ3) is 11.2. The van der Waals surface area contributed by atoms with Crippen LogP contribution in [0.2, 0.25) is 0 Å². The molecule has 5 atom stereocenters. The molecule has 0 amide bonds. The van der Waals surface area contributed by atoms with Crippen LogP contribution in [0.15, 0.2) is 121 Å². The van der Waals surface area contributed by atoms with Crippen LogP contribution in [0.4, 0.5) is 0 Å². The summed E-state index contributed by atoms with van der Waals surface area (Å²) in [5.41, 5.74) is 5.81. The summed E-state index contributed by atoms with van der Waals surface area (Å²) in [7, 11) is 0. The van der Waals surface area contributed by atoms with E-state index in [1.165, 1.54) is 0 Å². The maximum atomic E-state index is 14.1. The van der Waals surface area contributed by atoms with Crippen molar-refractivity contribution in [2.45, 2.75) is 97.4 Å². The molecule has 322 valence electrons. The summed E-state index contributed by atoms with van der Waals surface area (Å²) < 4.78 is 36.7. The Morgan fingerprint density at radius 2 is 0.645 bits per heavy atom. The Kier molecular flexibility index (Phi) is 15.4. The van der Waals surface area contributed by atoms with Gasteiger partial charge in [0.05, 0.1) is 27.8 Å². The van der Waals surface area contributed by atoms with E-state index in [4.69, 9.17) is 28.4 Å². The van der Waals surface area contributed by atoms with E-state index in [0.29, 0.717) is 0 Å². The highest BCUT2D eigenvalue weighted by molar-refractivity contribution is 5.92. The van der Waals surface area contributed by atoms with Crippen molar-refractivity contribution < 1.29 is 52.4 Å². The number of esters is 5. The molecule has 0 N–H and O–H groups in total. The standard InChI is InChI=1S/C51H52O11/c1-6-32-11-21-37(22-12-32)46(52)57-31-42-43(59-47(53)38-23-13-33(7-2)14-24-38)44(60-48(54)39-25-15-34(8-3)16-26-39)45(61-49(55)40-27-17-35(9-4)18-28-40)51(58-42)62-50(56)41-29-19-36(10-5)20-30-41/h11-30,42-45,51H,6-10,31H2,1-5H3. The van der Waals surface area contributed by atoms with Gasteiger partial charge >= 0.3 is 29.8 Å². The molecule has 5 unspecified atom stereocenters. The van der Waals surface area contributed by atoms with E-state index >= 15 is 0 Å². The Hall–Kier alpha value is -6.59. The van der Waals surface area contributed by atoms with E-state index in [9.17, 15) is 24.0 Å². The van der Waals surface area contributed by atoms with Crippen LogP contribution >= 0.6 is 0 Å². The van der Waals surface area contributed by atoms with Gasteiger partial charge in [0.25, 0.3) is 0 Å². The fourth-order valence-electron chi connectivity index (χ4n) is 6.88. The van der Waals surface area contributed by atoms with E-state index in [0.717, 1.165) is 59.9 Å². The second kappa shape index (κ2) is 21.3. The van der Waals surface area contributed by atoms with Crippen LogP contribution < -0.4 is 0 Å². The summed E-state index contributed by atoms with van der Waals surface area (Å²) >= 11 is 0. The Morgan fingerprint density at radius 1 is 0.371 bits per heavy atom. The summed E-state index contributed by atoms with van der Waals surface area (Å²) in [6, 6.07) is 33.8. The smallest absolute Gasteiger partial charge is 0.340 e. The number of ether oxygens (including phenoxy) is 6. The molecular formula is C51H52O11. The molecule has 1 heterocycles. The minimum atomic E-state index is -1.76. The highest BCUT2D eigenvalue weighted by atomic mass is 16.7.